The third kappa shape index (κ3) is 3.82. The predicted octanol–water partition coefficient (Wildman–Crippen LogP) is -0.646. The lowest BCUT2D eigenvalue weighted by atomic mass is 11.8. The van der Waals surface area contributed by atoms with E-state index < -0.39 is 13.6 Å². The molecule has 0 bridgehead atoms. The normalized spacial score (nSPS) is 11.0. The van der Waals surface area contributed by atoms with Crippen LogP contribution in [0, 0.1) is 0 Å². The van der Waals surface area contributed by atoms with Gasteiger partial charge in [0.15, 0.2) is 0 Å². The van der Waals surface area contributed by atoms with Crippen molar-refractivity contribution in [1.82, 2.24) is 0 Å². The highest BCUT2D eigenvalue weighted by molar-refractivity contribution is 7.67. The molecule has 0 atom stereocenters. The van der Waals surface area contributed by atoms with Crippen molar-refractivity contribution in [2.24, 2.45) is 0 Å². The third-order valence-electron chi connectivity index (χ3n) is 0.137. The van der Waals surface area contributed by atoms with Crippen LogP contribution in [-0.4, -0.2) is 15.8 Å². The number of hydrogen-bond donors (Lipinski definition) is 2. The second kappa shape index (κ2) is 1.51. The van der Waals surface area contributed by atoms with Crippen LogP contribution in [0.3, 0.4) is 0 Å². The van der Waals surface area contributed by atoms with Crippen LogP contribution in [0.4, 0.5) is 0 Å². The molecule has 0 aliphatic rings. The zero-order valence-electron chi connectivity index (χ0n) is 2.74. The van der Waals surface area contributed by atoms with Gasteiger partial charge in [0.25, 0.3) is 0 Å². The van der Waals surface area contributed by atoms with Gasteiger partial charge in [0.1, 0.15) is 0 Å². The molecule has 0 saturated carbocycles. The molecule has 0 rings (SSSR count). The highest BCUT2D eigenvalue weighted by Crippen LogP contribution is 2.28. The van der Waals surface area contributed by atoms with E-state index in [1.165, 1.54) is 0 Å². The van der Waals surface area contributed by atoms with Gasteiger partial charge in [-0.3, -0.25) is 9.36 Å². The minimum Gasteiger partial charge on any atom is -0.319 e. The molecular formula is CH3O4P. The van der Waals surface area contributed by atoms with Crippen molar-refractivity contribution in [1.29, 1.82) is 0 Å². The van der Waals surface area contributed by atoms with Crippen molar-refractivity contribution in [3.05, 3.63) is 0 Å². The van der Waals surface area contributed by atoms with Crippen LogP contribution in [0.5, 0.6) is 0 Å². The van der Waals surface area contributed by atoms with Gasteiger partial charge in [0.05, 0.1) is 0 Å². The molecule has 0 saturated heterocycles. The third-order valence-corrected chi connectivity index (χ3v) is 0.412. The highest BCUT2D eigenvalue weighted by Gasteiger charge is 2.06. The Morgan fingerprint density at radius 3 is 1.67 bits per heavy atom. The number of rotatable bonds is 1. The van der Waals surface area contributed by atoms with Gasteiger partial charge in [0.2, 0.25) is 6.03 Å². The Morgan fingerprint density at radius 1 is 1.50 bits per heavy atom. The van der Waals surface area contributed by atoms with Gasteiger partial charge in [-0.05, 0) is 0 Å². The van der Waals surface area contributed by atoms with E-state index in [2.05, 4.69) is 0 Å². The Hall–Kier alpha value is -0.180. The molecule has 6 heavy (non-hydrogen) atoms. The minimum atomic E-state index is -4.33. The smallest absolute Gasteiger partial charge is 0.319 e. The quantitative estimate of drug-likeness (QED) is 0.347. The van der Waals surface area contributed by atoms with Crippen LogP contribution in [0.25, 0.3) is 0 Å². The fourth-order valence-corrected chi connectivity index (χ4v) is 0. The zero-order valence-corrected chi connectivity index (χ0v) is 3.63. The van der Waals surface area contributed by atoms with Gasteiger partial charge < -0.3 is 9.79 Å². The monoisotopic (exact) mass is 110 g/mol. The SMILES string of the molecule is O=CP(=O)(O)O. The predicted molar refractivity (Wildman–Crippen MR) is 18.8 cm³/mol. The summed E-state index contributed by atoms with van der Waals surface area (Å²) in [6.07, 6.45) is 0. The molecule has 0 radical (unpaired) electrons. The van der Waals surface area contributed by atoms with Crippen LogP contribution in [0.2, 0.25) is 0 Å². The molecule has 0 aromatic carbocycles. The molecule has 0 spiro atoms. The van der Waals surface area contributed by atoms with Gasteiger partial charge in [-0.15, -0.1) is 0 Å². The van der Waals surface area contributed by atoms with Crippen molar-refractivity contribution in [3.8, 4) is 0 Å². The van der Waals surface area contributed by atoms with Crippen LogP contribution in [0.1, 0.15) is 0 Å². The van der Waals surface area contributed by atoms with Gasteiger partial charge in [-0.25, -0.2) is 0 Å². The summed E-state index contributed by atoms with van der Waals surface area (Å²) < 4.78 is 9.33. The van der Waals surface area contributed by atoms with Crippen molar-refractivity contribution < 1.29 is 19.1 Å². The highest BCUT2D eigenvalue weighted by atomic mass is 31.2. The first-order valence-corrected chi connectivity index (χ1v) is 2.76. The standard InChI is InChI=1S/CH3O4P/c2-1-6(3,4)5/h1H,(H2,3,4,5). The summed E-state index contributed by atoms with van der Waals surface area (Å²) in [6, 6.07) is -0.396. The summed E-state index contributed by atoms with van der Waals surface area (Å²) >= 11 is 0. The Labute approximate surface area is 34.0 Å². The Balaban J connectivity index is 3.81. The number of carbonyl (C=O) groups excluding carboxylic acids is 1. The summed E-state index contributed by atoms with van der Waals surface area (Å²) in [5, 5.41) is 0. The van der Waals surface area contributed by atoms with Crippen molar-refractivity contribution in [3.63, 3.8) is 0 Å². The van der Waals surface area contributed by atoms with E-state index in [-0.39, 0.29) is 0 Å². The second-order valence-electron chi connectivity index (χ2n) is 0.695. The Morgan fingerprint density at radius 2 is 1.67 bits per heavy atom. The van der Waals surface area contributed by atoms with Gasteiger partial charge in [-0.1, -0.05) is 0 Å². The summed E-state index contributed by atoms with van der Waals surface area (Å²) in [5.74, 6) is 0. The van der Waals surface area contributed by atoms with Crippen LogP contribution in [0.15, 0.2) is 0 Å². The molecule has 0 aliphatic carbocycles. The van der Waals surface area contributed by atoms with Gasteiger partial charge in [0, 0.05) is 0 Å². The zero-order chi connectivity index (χ0) is 5.21. The van der Waals surface area contributed by atoms with Crippen LogP contribution in [-0.2, 0) is 9.36 Å². The summed E-state index contributed by atoms with van der Waals surface area (Å²) in [4.78, 5) is 24.2. The minimum absolute atomic E-state index is 0.396. The molecule has 5 heteroatoms. The topological polar surface area (TPSA) is 74.6 Å². The van der Waals surface area contributed by atoms with Gasteiger partial charge in [-0.2, -0.15) is 0 Å². The Bertz CT molecular complexity index is 89.7. The molecule has 0 heterocycles. The lowest BCUT2D eigenvalue weighted by Crippen LogP contribution is -1.72. The fraction of sp³-hybridized carbons (Fsp3) is 0. The van der Waals surface area contributed by atoms with E-state index in [0.717, 1.165) is 0 Å². The molecular weight excluding hydrogens is 107 g/mol. The molecule has 0 aliphatic heterocycles. The van der Waals surface area contributed by atoms with Crippen LogP contribution >= 0.6 is 7.60 Å². The van der Waals surface area contributed by atoms with Crippen LogP contribution < -0.4 is 0 Å². The molecule has 0 unspecified atom stereocenters. The maximum atomic E-state index is 9.33. The first-order valence-electron chi connectivity index (χ1n) is 1.08. The molecule has 2 N–H and O–H groups in total. The summed E-state index contributed by atoms with van der Waals surface area (Å²) in [6.45, 7) is 0. The molecule has 0 fully saturated rings. The van der Waals surface area contributed by atoms with Gasteiger partial charge >= 0.3 is 7.60 Å². The summed E-state index contributed by atoms with van der Waals surface area (Å²) in [7, 11) is -4.33. The van der Waals surface area contributed by atoms with E-state index in [4.69, 9.17) is 14.6 Å². The van der Waals surface area contributed by atoms with Crippen molar-refractivity contribution >= 4 is 13.6 Å². The molecule has 0 amide bonds. The van der Waals surface area contributed by atoms with Crippen molar-refractivity contribution in [2.45, 2.75) is 0 Å². The largest absolute Gasteiger partial charge is 0.388 e. The maximum Gasteiger partial charge on any atom is 0.388 e. The van der Waals surface area contributed by atoms with E-state index in [9.17, 15) is 4.57 Å². The second-order valence-corrected chi connectivity index (χ2v) is 2.08. The first-order chi connectivity index (χ1) is 2.56. The van der Waals surface area contributed by atoms with E-state index >= 15 is 0 Å². The lowest BCUT2D eigenvalue weighted by molar-refractivity contribution is 0.385. The van der Waals surface area contributed by atoms with E-state index in [0.29, 0.717) is 0 Å². The average molecular weight is 110 g/mol. The summed E-state index contributed by atoms with van der Waals surface area (Å²) in [5.41, 5.74) is 0. The maximum absolute atomic E-state index is 9.33. The molecule has 0 aromatic rings. The lowest BCUT2D eigenvalue weighted by Gasteiger charge is -1.83. The fourth-order valence-electron chi connectivity index (χ4n) is 0. The van der Waals surface area contributed by atoms with Crippen molar-refractivity contribution in [2.75, 3.05) is 0 Å². The first kappa shape index (κ1) is 5.82. The van der Waals surface area contributed by atoms with E-state index in [1.807, 2.05) is 0 Å². The molecule has 36 valence electrons. The number of carbonyl (C=O) groups is 1. The Kier molecular flexibility index (Phi) is 1.47. The molecule has 4 nitrogen and oxygen atoms in total. The molecule has 0 aromatic heterocycles. The number of hydrogen-bond acceptors (Lipinski definition) is 2. The van der Waals surface area contributed by atoms with E-state index in [1.54, 1.807) is 0 Å². The average Bonchev–Trinajstić information content (AvgIpc) is 1.35.